The van der Waals surface area contributed by atoms with E-state index < -0.39 is 0 Å². The highest BCUT2D eigenvalue weighted by Gasteiger charge is 2.30. The van der Waals surface area contributed by atoms with Gasteiger partial charge in [0.15, 0.2) is 0 Å². The van der Waals surface area contributed by atoms with Crippen LogP contribution in [0.2, 0.25) is 0 Å². The van der Waals surface area contributed by atoms with E-state index in [0.29, 0.717) is 26.2 Å². The molecular formula is C20H20FN5O. The fraction of sp³-hybridized carbons (Fsp3) is 0.250. The van der Waals surface area contributed by atoms with Gasteiger partial charge in [0.2, 0.25) is 5.91 Å². The van der Waals surface area contributed by atoms with Crippen LogP contribution in [0.15, 0.2) is 61.3 Å². The number of rotatable bonds is 5. The van der Waals surface area contributed by atoms with Crippen molar-refractivity contribution in [2.24, 2.45) is 0 Å². The molecule has 2 aromatic heterocycles. The number of imidazole rings is 1. The minimum atomic E-state index is -0.374. The summed E-state index contributed by atoms with van der Waals surface area (Å²) in [7, 11) is 0. The number of halogens is 1. The fourth-order valence-electron chi connectivity index (χ4n) is 3.39. The number of pyridine rings is 1. The number of carbonyl (C=O) groups excluding carboxylic acids is 1. The van der Waals surface area contributed by atoms with Gasteiger partial charge < -0.3 is 9.88 Å². The van der Waals surface area contributed by atoms with Crippen LogP contribution in [0.5, 0.6) is 0 Å². The lowest BCUT2D eigenvalue weighted by molar-refractivity contribution is -0.125. The molecule has 1 aliphatic heterocycles. The predicted octanol–water partition coefficient (Wildman–Crippen LogP) is 2.29. The van der Waals surface area contributed by atoms with Crippen LogP contribution in [-0.4, -0.2) is 31.9 Å². The van der Waals surface area contributed by atoms with Crippen molar-refractivity contribution in [2.75, 3.05) is 6.54 Å². The summed E-state index contributed by atoms with van der Waals surface area (Å²) in [6.07, 6.45) is 6.91. The molecule has 0 spiro atoms. The van der Waals surface area contributed by atoms with E-state index in [9.17, 15) is 9.18 Å². The number of nitrogens with zero attached hydrogens (tertiary/aromatic N) is 4. The molecule has 0 fully saturated rings. The lowest BCUT2D eigenvalue weighted by Crippen LogP contribution is -2.44. The topological polar surface area (TPSA) is 63.1 Å². The summed E-state index contributed by atoms with van der Waals surface area (Å²) in [5.41, 5.74) is 2.81. The van der Waals surface area contributed by atoms with Crippen LogP contribution >= 0.6 is 0 Å². The molecule has 1 aromatic carbocycles. The van der Waals surface area contributed by atoms with Crippen LogP contribution in [0.25, 0.3) is 0 Å². The number of fused-ring (bicyclic) bond motifs is 1. The first-order chi connectivity index (χ1) is 13.2. The lowest BCUT2D eigenvalue weighted by Gasteiger charge is -2.33. The summed E-state index contributed by atoms with van der Waals surface area (Å²) in [5, 5.41) is 2.98. The molecule has 4 rings (SSSR count). The number of hydrogen-bond acceptors (Lipinski definition) is 4. The van der Waals surface area contributed by atoms with E-state index in [0.717, 1.165) is 16.8 Å². The predicted molar refractivity (Wildman–Crippen MR) is 97.9 cm³/mol. The Bertz CT molecular complexity index is 927. The molecule has 6 nitrogen and oxygen atoms in total. The van der Waals surface area contributed by atoms with Crippen LogP contribution in [0.3, 0.4) is 0 Å². The molecule has 0 saturated heterocycles. The molecule has 1 atom stereocenters. The number of carbonyl (C=O) groups is 1. The Morgan fingerprint density at radius 3 is 2.89 bits per heavy atom. The molecule has 0 bridgehead atoms. The highest BCUT2D eigenvalue weighted by molar-refractivity contribution is 5.80. The second-order valence-electron chi connectivity index (χ2n) is 6.69. The molecule has 7 heteroatoms. The van der Waals surface area contributed by atoms with Crippen molar-refractivity contribution < 1.29 is 9.18 Å². The second-order valence-corrected chi connectivity index (χ2v) is 6.69. The van der Waals surface area contributed by atoms with E-state index in [1.54, 1.807) is 31.0 Å². The summed E-state index contributed by atoms with van der Waals surface area (Å²) in [6.45, 7) is 2.22. The Hall–Kier alpha value is -3.06. The minimum Gasteiger partial charge on any atom is -0.350 e. The van der Waals surface area contributed by atoms with Crippen molar-refractivity contribution in [3.05, 3.63) is 84.0 Å². The van der Waals surface area contributed by atoms with Crippen LogP contribution in [0.1, 0.15) is 22.9 Å². The Labute approximate surface area is 156 Å². The molecule has 3 aromatic rings. The molecular weight excluding hydrogens is 345 g/mol. The standard InChI is InChI=1S/C20H20FN5O/c21-17-5-1-3-15(7-17)11-25-12-18-10-23-14-26(18)19(13-25)20(27)24-9-16-4-2-6-22-8-16/h1-8,10,14,19H,9,11-13H2,(H,24,27). The Morgan fingerprint density at radius 1 is 1.19 bits per heavy atom. The first-order valence-electron chi connectivity index (χ1n) is 8.83. The van der Waals surface area contributed by atoms with E-state index in [1.165, 1.54) is 12.1 Å². The summed E-state index contributed by atoms with van der Waals surface area (Å²) < 4.78 is 15.4. The van der Waals surface area contributed by atoms with Gasteiger partial charge >= 0.3 is 0 Å². The lowest BCUT2D eigenvalue weighted by atomic mass is 10.1. The summed E-state index contributed by atoms with van der Waals surface area (Å²) in [5.74, 6) is -0.317. The average Bonchev–Trinajstić information content (AvgIpc) is 3.15. The monoisotopic (exact) mass is 365 g/mol. The normalized spacial score (nSPS) is 16.7. The summed E-state index contributed by atoms with van der Waals surface area (Å²) in [6, 6.07) is 9.96. The third-order valence-electron chi connectivity index (χ3n) is 4.69. The van der Waals surface area contributed by atoms with Crippen LogP contribution in [0.4, 0.5) is 4.39 Å². The molecule has 138 valence electrons. The van der Waals surface area contributed by atoms with Crippen molar-refractivity contribution in [1.82, 2.24) is 24.8 Å². The minimum absolute atomic E-state index is 0.0676. The van der Waals surface area contributed by atoms with E-state index in [4.69, 9.17) is 0 Å². The molecule has 1 aliphatic rings. The van der Waals surface area contributed by atoms with Gasteiger partial charge in [-0.05, 0) is 29.3 Å². The number of nitrogens with one attached hydrogen (secondary N) is 1. The molecule has 0 radical (unpaired) electrons. The van der Waals surface area contributed by atoms with E-state index >= 15 is 0 Å². The molecule has 0 saturated carbocycles. The van der Waals surface area contributed by atoms with Gasteiger partial charge in [-0.15, -0.1) is 0 Å². The third-order valence-corrected chi connectivity index (χ3v) is 4.69. The largest absolute Gasteiger partial charge is 0.350 e. The Kier molecular flexibility index (Phi) is 4.93. The molecule has 27 heavy (non-hydrogen) atoms. The van der Waals surface area contributed by atoms with Gasteiger partial charge in [0.1, 0.15) is 11.9 Å². The van der Waals surface area contributed by atoms with Gasteiger partial charge in [-0.2, -0.15) is 0 Å². The maximum atomic E-state index is 13.5. The van der Waals surface area contributed by atoms with Crippen molar-refractivity contribution in [1.29, 1.82) is 0 Å². The second kappa shape index (κ2) is 7.67. The molecule has 3 heterocycles. The number of benzene rings is 1. The number of amides is 1. The molecule has 1 unspecified atom stereocenters. The first-order valence-corrected chi connectivity index (χ1v) is 8.83. The maximum Gasteiger partial charge on any atom is 0.244 e. The van der Waals surface area contributed by atoms with Crippen LogP contribution < -0.4 is 5.32 Å². The number of aromatic nitrogens is 3. The van der Waals surface area contributed by atoms with Gasteiger partial charge in [0.05, 0.1) is 12.0 Å². The Balaban J connectivity index is 1.47. The van der Waals surface area contributed by atoms with Crippen LogP contribution in [0, 0.1) is 5.82 Å². The fourth-order valence-corrected chi connectivity index (χ4v) is 3.39. The van der Waals surface area contributed by atoms with E-state index in [2.05, 4.69) is 20.2 Å². The van der Waals surface area contributed by atoms with Crippen molar-refractivity contribution in [2.45, 2.75) is 25.7 Å². The van der Waals surface area contributed by atoms with Gasteiger partial charge in [-0.1, -0.05) is 18.2 Å². The first kappa shape index (κ1) is 17.4. The zero-order valence-electron chi connectivity index (χ0n) is 14.8. The van der Waals surface area contributed by atoms with Crippen LogP contribution in [-0.2, 0) is 24.4 Å². The Morgan fingerprint density at radius 2 is 2.07 bits per heavy atom. The van der Waals surface area contributed by atoms with Crippen molar-refractivity contribution >= 4 is 5.91 Å². The van der Waals surface area contributed by atoms with Gasteiger partial charge in [0.25, 0.3) is 0 Å². The van der Waals surface area contributed by atoms with Gasteiger partial charge in [0, 0.05) is 44.8 Å². The zero-order chi connectivity index (χ0) is 18.6. The molecule has 0 aliphatic carbocycles. The highest BCUT2D eigenvalue weighted by Crippen LogP contribution is 2.23. The zero-order valence-corrected chi connectivity index (χ0v) is 14.8. The van der Waals surface area contributed by atoms with Crippen molar-refractivity contribution in [3.63, 3.8) is 0 Å². The number of hydrogen-bond donors (Lipinski definition) is 1. The third kappa shape index (κ3) is 4.03. The van der Waals surface area contributed by atoms with Gasteiger partial charge in [-0.25, -0.2) is 9.37 Å². The van der Waals surface area contributed by atoms with Crippen molar-refractivity contribution in [3.8, 4) is 0 Å². The molecule has 1 amide bonds. The van der Waals surface area contributed by atoms with E-state index in [1.807, 2.05) is 22.8 Å². The smallest absolute Gasteiger partial charge is 0.244 e. The van der Waals surface area contributed by atoms with Gasteiger partial charge in [-0.3, -0.25) is 14.7 Å². The average molecular weight is 365 g/mol. The molecule has 1 N–H and O–H groups in total. The quantitative estimate of drug-likeness (QED) is 0.754. The highest BCUT2D eigenvalue weighted by atomic mass is 19.1. The summed E-state index contributed by atoms with van der Waals surface area (Å²) in [4.78, 5) is 23.2. The summed E-state index contributed by atoms with van der Waals surface area (Å²) >= 11 is 0. The maximum absolute atomic E-state index is 13.5. The van der Waals surface area contributed by atoms with E-state index in [-0.39, 0.29) is 17.8 Å². The SMILES string of the molecule is O=C(NCc1cccnc1)C1CN(Cc2cccc(F)c2)Cc2cncn21.